The van der Waals surface area contributed by atoms with Crippen molar-refractivity contribution < 1.29 is 31.9 Å². The summed E-state index contributed by atoms with van der Waals surface area (Å²) in [6.45, 7) is -0.520. The van der Waals surface area contributed by atoms with Crippen molar-refractivity contribution in [3.05, 3.63) is 84.2 Å². The average molecular weight is 488 g/mol. The molecule has 0 bridgehead atoms. The maximum atomic E-state index is 13.5. The molecule has 3 rings (SSSR count). The van der Waals surface area contributed by atoms with Crippen LogP contribution in [0.25, 0.3) is 0 Å². The van der Waals surface area contributed by atoms with Crippen LogP contribution in [0.3, 0.4) is 0 Å². The van der Waals surface area contributed by atoms with Gasteiger partial charge in [0.1, 0.15) is 5.75 Å². The molecule has 0 heterocycles. The number of nitrogens with one attached hydrogen (secondary N) is 2. The number of benzene rings is 3. The van der Waals surface area contributed by atoms with E-state index in [4.69, 9.17) is 9.47 Å². The van der Waals surface area contributed by atoms with Crippen LogP contribution >= 0.6 is 0 Å². The molecule has 3 aromatic carbocycles. The molecule has 178 valence electrons. The van der Waals surface area contributed by atoms with Crippen molar-refractivity contribution in [2.75, 3.05) is 25.1 Å². The molecule has 0 aliphatic carbocycles. The van der Waals surface area contributed by atoms with Gasteiger partial charge in [-0.15, -0.1) is 0 Å². The predicted octanol–water partition coefficient (Wildman–Crippen LogP) is 2.50. The maximum absolute atomic E-state index is 13.5. The number of amides is 2. The molecule has 0 radical (unpaired) electrons. The molecule has 2 amide bonds. The number of ether oxygens (including phenoxy) is 2. The lowest BCUT2D eigenvalue weighted by molar-refractivity contribution is -0.123. The standard InChI is InChI=1S/C23H22FN3O6S/c1-27(19-8-4-6-10-21(19)32-2)34(30,31)17-13-11-16(12-14-17)23(29)26-25-22(28)15-33-20-9-5-3-7-18(20)24/h3-14H,15H2,1-2H3,(H,25,28)(H,26,29). The van der Waals surface area contributed by atoms with Crippen LogP contribution in [0.4, 0.5) is 10.1 Å². The highest BCUT2D eigenvalue weighted by Crippen LogP contribution is 2.30. The molecule has 2 N–H and O–H groups in total. The summed E-state index contributed by atoms with van der Waals surface area (Å²) in [4.78, 5) is 24.1. The van der Waals surface area contributed by atoms with Gasteiger partial charge in [-0.05, 0) is 48.5 Å². The first-order valence-electron chi connectivity index (χ1n) is 9.92. The van der Waals surface area contributed by atoms with Crippen LogP contribution in [0.5, 0.6) is 11.5 Å². The summed E-state index contributed by atoms with van der Waals surface area (Å²) in [7, 11) is -1.09. The molecule has 9 nitrogen and oxygen atoms in total. The second-order valence-corrected chi connectivity index (χ2v) is 8.86. The number of halogens is 1. The van der Waals surface area contributed by atoms with E-state index in [9.17, 15) is 22.4 Å². The van der Waals surface area contributed by atoms with Crippen LogP contribution < -0.4 is 24.6 Å². The van der Waals surface area contributed by atoms with E-state index < -0.39 is 34.3 Å². The smallest absolute Gasteiger partial charge is 0.276 e. The minimum Gasteiger partial charge on any atom is -0.495 e. The van der Waals surface area contributed by atoms with Gasteiger partial charge >= 0.3 is 0 Å². The molecular weight excluding hydrogens is 465 g/mol. The van der Waals surface area contributed by atoms with Crippen LogP contribution in [-0.4, -0.2) is 41.0 Å². The highest BCUT2D eigenvalue weighted by atomic mass is 32.2. The molecule has 0 aliphatic heterocycles. The van der Waals surface area contributed by atoms with Crippen LogP contribution in [-0.2, 0) is 14.8 Å². The number of carbonyl (C=O) groups excluding carboxylic acids is 2. The monoisotopic (exact) mass is 487 g/mol. The number of methoxy groups -OCH3 is 1. The Morgan fingerprint density at radius 1 is 0.912 bits per heavy atom. The van der Waals surface area contributed by atoms with Gasteiger partial charge in [-0.1, -0.05) is 24.3 Å². The number of nitrogens with zero attached hydrogens (tertiary/aromatic N) is 1. The Bertz CT molecular complexity index is 1280. The lowest BCUT2D eigenvalue weighted by Gasteiger charge is -2.21. The van der Waals surface area contributed by atoms with Gasteiger partial charge in [0.05, 0.1) is 17.7 Å². The van der Waals surface area contributed by atoms with Crippen molar-refractivity contribution in [2.24, 2.45) is 0 Å². The van der Waals surface area contributed by atoms with Crippen molar-refractivity contribution in [1.29, 1.82) is 0 Å². The molecule has 0 atom stereocenters. The average Bonchev–Trinajstić information content (AvgIpc) is 2.86. The third kappa shape index (κ3) is 5.62. The molecular formula is C23H22FN3O6S. The van der Waals surface area contributed by atoms with E-state index in [1.54, 1.807) is 30.3 Å². The van der Waals surface area contributed by atoms with E-state index >= 15 is 0 Å². The van der Waals surface area contributed by atoms with Gasteiger partial charge in [0.15, 0.2) is 18.2 Å². The Hall–Kier alpha value is -4.12. The third-order valence-corrected chi connectivity index (χ3v) is 6.50. The third-order valence-electron chi connectivity index (χ3n) is 4.71. The highest BCUT2D eigenvalue weighted by Gasteiger charge is 2.24. The van der Waals surface area contributed by atoms with Gasteiger partial charge in [-0.3, -0.25) is 24.7 Å². The van der Waals surface area contributed by atoms with Crippen LogP contribution in [0.1, 0.15) is 10.4 Å². The molecule has 0 spiro atoms. The zero-order valence-corrected chi connectivity index (χ0v) is 19.1. The lowest BCUT2D eigenvalue weighted by atomic mass is 10.2. The quantitative estimate of drug-likeness (QED) is 0.472. The van der Waals surface area contributed by atoms with E-state index in [-0.39, 0.29) is 16.2 Å². The SMILES string of the molecule is COc1ccccc1N(C)S(=O)(=O)c1ccc(C(=O)NNC(=O)COc2ccccc2F)cc1. The number of anilines is 1. The van der Waals surface area contributed by atoms with Crippen LogP contribution in [0, 0.1) is 5.82 Å². The van der Waals surface area contributed by atoms with E-state index in [0.717, 1.165) is 4.31 Å². The largest absolute Gasteiger partial charge is 0.495 e. The summed E-state index contributed by atoms with van der Waals surface area (Å²) >= 11 is 0. The van der Waals surface area contributed by atoms with Crippen LogP contribution in [0.2, 0.25) is 0 Å². The fourth-order valence-corrected chi connectivity index (χ4v) is 4.10. The summed E-state index contributed by atoms with van der Waals surface area (Å²) < 4.78 is 50.8. The first kappa shape index (κ1) is 24.5. The van der Waals surface area contributed by atoms with Gasteiger partial charge in [-0.2, -0.15) is 0 Å². The minimum atomic E-state index is -3.93. The van der Waals surface area contributed by atoms with Gasteiger partial charge in [0.25, 0.3) is 21.8 Å². The summed E-state index contributed by atoms with van der Waals surface area (Å²) in [5, 5.41) is 0. The van der Waals surface area contributed by atoms with Gasteiger partial charge in [-0.25, -0.2) is 12.8 Å². The molecule has 0 fully saturated rings. The Labute approximate surface area is 196 Å². The van der Waals surface area contributed by atoms with Gasteiger partial charge in [0, 0.05) is 12.6 Å². The summed E-state index contributed by atoms with van der Waals surface area (Å²) in [6, 6.07) is 17.4. The van der Waals surface area contributed by atoms with Crippen molar-refractivity contribution >= 4 is 27.5 Å². The number of rotatable bonds is 8. The first-order valence-corrected chi connectivity index (χ1v) is 11.4. The highest BCUT2D eigenvalue weighted by molar-refractivity contribution is 7.92. The van der Waals surface area contributed by atoms with E-state index in [1.165, 1.54) is 56.6 Å². The number of carbonyl (C=O) groups is 2. The van der Waals surface area contributed by atoms with E-state index in [0.29, 0.717) is 11.4 Å². The Morgan fingerprint density at radius 3 is 2.18 bits per heavy atom. The summed E-state index contributed by atoms with van der Waals surface area (Å²) in [5.74, 6) is -1.72. The zero-order valence-electron chi connectivity index (χ0n) is 18.3. The molecule has 0 saturated heterocycles. The number of hydrogen-bond donors (Lipinski definition) is 2. The number of hydrazine groups is 1. The lowest BCUT2D eigenvalue weighted by Crippen LogP contribution is -2.43. The van der Waals surface area contributed by atoms with Gasteiger partial charge < -0.3 is 9.47 Å². The number of sulfonamides is 1. The van der Waals surface area contributed by atoms with E-state index in [1.807, 2.05) is 0 Å². The van der Waals surface area contributed by atoms with Gasteiger partial charge in [0.2, 0.25) is 0 Å². The van der Waals surface area contributed by atoms with Crippen molar-refractivity contribution in [3.63, 3.8) is 0 Å². The Balaban J connectivity index is 1.60. The van der Waals surface area contributed by atoms with E-state index in [2.05, 4.69) is 10.9 Å². The molecule has 3 aromatic rings. The minimum absolute atomic E-state index is 0.0419. The summed E-state index contributed by atoms with van der Waals surface area (Å²) in [6.07, 6.45) is 0. The number of para-hydroxylation sites is 3. The topological polar surface area (TPSA) is 114 Å². The molecule has 0 aromatic heterocycles. The van der Waals surface area contributed by atoms with Crippen molar-refractivity contribution in [2.45, 2.75) is 4.90 Å². The molecule has 34 heavy (non-hydrogen) atoms. The fraction of sp³-hybridized carbons (Fsp3) is 0.130. The molecule has 0 saturated carbocycles. The van der Waals surface area contributed by atoms with Crippen molar-refractivity contribution in [3.8, 4) is 11.5 Å². The number of hydrogen-bond acceptors (Lipinski definition) is 6. The summed E-state index contributed by atoms with van der Waals surface area (Å²) in [5.41, 5.74) is 4.78. The van der Waals surface area contributed by atoms with Crippen LogP contribution in [0.15, 0.2) is 77.7 Å². The Morgan fingerprint density at radius 2 is 1.53 bits per heavy atom. The normalized spacial score (nSPS) is 10.8. The first-order chi connectivity index (χ1) is 16.2. The predicted molar refractivity (Wildman–Crippen MR) is 123 cm³/mol. The second kappa shape index (κ2) is 10.7. The Kier molecular flexibility index (Phi) is 7.69. The molecule has 11 heteroatoms. The molecule has 0 aliphatic rings. The van der Waals surface area contributed by atoms with Crippen molar-refractivity contribution in [1.82, 2.24) is 10.9 Å². The zero-order chi connectivity index (χ0) is 24.7. The second-order valence-electron chi connectivity index (χ2n) is 6.89. The molecule has 0 unspecified atom stereocenters. The maximum Gasteiger partial charge on any atom is 0.276 e. The fourth-order valence-electron chi connectivity index (χ4n) is 2.90.